The zero-order chi connectivity index (χ0) is 14.8. The second kappa shape index (κ2) is 9.83. The number of ether oxygens (including phenoxy) is 1. The number of rotatable bonds is 9. The van der Waals surface area contributed by atoms with Gasteiger partial charge in [-0.1, -0.05) is 31.2 Å². The van der Waals surface area contributed by atoms with E-state index >= 15 is 0 Å². The van der Waals surface area contributed by atoms with Gasteiger partial charge in [-0.15, -0.1) is 0 Å². The molecule has 112 valence electrons. The first kappa shape index (κ1) is 17.1. The molecule has 0 spiro atoms. The lowest BCUT2D eigenvalue weighted by Crippen LogP contribution is -2.40. The Morgan fingerprint density at radius 2 is 2.10 bits per heavy atom. The van der Waals surface area contributed by atoms with Crippen LogP contribution in [0.2, 0.25) is 0 Å². The van der Waals surface area contributed by atoms with E-state index in [0.29, 0.717) is 6.61 Å². The van der Waals surface area contributed by atoms with Crippen LogP contribution in [0.15, 0.2) is 24.3 Å². The van der Waals surface area contributed by atoms with Gasteiger partial charge in [0.05, 0.1) is 6.61 Å². The van der Waals surface area contributed by atoms with Crippen LogP contribution in [0.1, 0.15) is 31.4 Å². The molecule has 0 aliphatic carbocycles. The van der Waals surface area contributed by atoms with Crippen molar-refractivity contribution < 1.29 is 9.53 Å². The summed E-state index contributed by atoms with van der Waals surface area (Å²) < 4.78 is 5.11. The Balaban J connectivity index is 2.45. The van der Waals surface area contributed by atoms with Crippen molar-refractivity contribution in [2.75, 3.05) is 18.9 Å². The molecule has 0 aliphatic heterocycles. The van der Waals surface area contributed by atoms with Crippen molar-refractivity contribution in [2.24, 2.45) is 0 Å². The smallest absolute Gasteiger partial charge is 0.323 e. The summed E-state index contributed by atoms with van der Waals surface area (Å²) in [6, 6.07) is 8.16. The summed E-state index contributed by atoms with van der Waals surface area (Å²) in [6.07, 6.45) is 1.01. The van der Waals surface area contributed by atoms with E-state index in [4.69, 9.17) is 4.74 Å². The first-order valence-corrected chi connectivity index (χ1v) is 8.36. The molecule has 0 amide bonds. The van der Waals surface area contributed by atoms with Crippen LogP contribution in [0.4, 0.5) is 0 Å². The highest BCUT2D eigenvalue weighted by Gasteiger charge is 2.18. The summed E-state index contributed by atoms with van der Waals surface area (Å²) in [5.74, 6) is 1.53. The molecule has 0 radical (unpaired) electrons. The van der Waals surface area contributed by atoms with Gasteiger partial charge in [-0.25, -0.2) is 0 Å². The number of thioether (sulfide) groups is 1. The summed E-state index contributed by atoms with van der Waals surface area (Å²) in [5, 5.41) is 3.26. The minimum absolute atomic E-state index is 0.141. The summed E-state index contributed by atoms with van der Waals surface area (Å²) in [4.78, 5) is 11.9. The van der Waals surface area contributed by atoms with Gasteiger partial charge in [-0.05, 0) is 37.9 Å². The van der Waals surface area contributed by atoms with Crippen molar-refractivity contribution in [2.45, 2.75) is 39.0 Å². The fourth-order valence-corrected chi connectivity index (χ4v) is 2.98. The van der Waals surface area contributed by atoms with Gasteiger partial charge < -0.3 is 10.1 Å². The molecule has 0 fully saturated rings. The summed E-state index contributed by atoms with van der Waals surface area (Å²) in [5.41, 5.74) is 2.63. The third-order valence-electron chi connectivity index (χ3n) is 3.02. The second-order valence-corrected chi connectivity index (χ2v) is 5.73. The highest BCUT2D eigenvalue weighted by atomic mass is 32.2. The van der Waals surface area contributed by atoms with Crippen LogP contribution in [-0.4, -0.2) is 30.9 Å². The SMILES string of the molecule is CCCNC(CSCc1ccccc1C)C(=O)OCC. The van der Waals surface area contributed by atoms with Crippen LogP contribution in [-0.2, 0) is 15.3 Å². The first-order chi connectivity index (χ1) is 9.69. The van der Waals surface area contributed by atoms with Gasteiger partial charge >= 0.3 is 5.97 Å². The van der Waals surface area contributed by atoms with E-state index < -0.39 is 0 Å². The Bertz CT molecular complexity index is 409. The minimum atomic E-state index is -0.205. The van der Waals surface area contributed by atoms with Crippen LogP contribution in [0.25, 0.3) is 0 Å². The highest BCUT2D eigenvalue weighted by Crippen LogP contribution is 2.17. The number of aryl methyl sites for hydroxylation is 1. The van der Waals surface area contributed by atoms with E-state index in [1.165, 1.54) is 11.1 Å². The second-order valence-electron chi connectivity index (χ2n) is 4.70. The lowest BCUT2D eigenvalue weighted by molar-refractivity contribution is -0.144. The number of nitrogens with one attached hydrogen (secondary N) is 1. The van der Waals surface area contributed by atoms with Gasteiger partial charge in [-0.2, -0.15) is 11.8 Å². The predicted octanol–water partition coefficient (Wildman–Crippen LogP) is 3.16. The van der Waals surface area contributed by atoms with Gasteiger partial charge in [0.1, 0.15) is 6.04 Å². The molecule has 1 N–H and O–H groups in total. The first-order valence-electron chi connectivity index (χ1n) is 7.21. The maximum absolute atomic E-state index is 11.9. The van der Waals surface area contributed by atoms with Crippen LogP contribution in [0, 0.1) is 6.92 Å². The predicted molar refractivity (Wildman–Crippen MR) is 86.1 cm³/mol. The molecule has 1 rings (SSSR count). The van der Waals surface area contributed by atoms with Crippen molar-refractivity contribution >= 4 is 17.7 Å². The summed E-state index contributed by atoms with van der Waals surface area (Å²) in [6.45, 7) is 7.33. The molecule has 0 saturated carbocycles. The number of benzene rings is 1. The molecule has 0 saturated heterocycles. The van der Waals surface area contributed by atoms with E-state index in [0.717, 1.165) is 24.5 Å². The normalized spacial score (nSPS) is 12.2. The maximum Gasteiger partial charge on any atom is 0.323 e. The third-order valence-corrected chi connectivity index (χ3v) is 4.10. The molecular formula is C16H25NO2S. The number of carbonyl (C=O) groups excluding carboxylic acids is 1. The molecule has 4 heteroatoms. The Morgan fingerprint density at radius 3 is 2.75 bits per heavy atom. The largest absolute Gasteiger partial charge is 0.465 e. The molecular weight excluding hydrogens is 270 g/mol. The molecule has 1 aromatic carbocycles. The van der Waals surface area contributed by atoms with Gasteiger partial charge in [0, 0.05) is 11.5 Å². The van der Waals surface area contributed by atoms with Gasteiger partial charge in [0.15, 0.2) is 0 Å². The lowest BCUT2D eigenvalue weighted by atomic mass is 10.1. The Hall–Kier alpha value is -1.00. The fraction of sp³-hybridized carbons (Fsp3) is 0.562. The fourth-order valence-electron chi connectivity index (χ4n) is 1.83. The topological polar surface area (TPSA) is 38.3 Å². The molecule has 1 unspecified atom stereocenters. The molecule has 0 bridgehead atoms. The van der Waals surface area contributed by atoms with Crippen LogP contribution >= 0.6 is 11.8 Å². The van der Waals surface area contributed by atoms with Crippen LogP contribution in [0.5, 0.6) is 0 Å². The minimum Gasteiger partial charge on any atom is -0.465 e. The zero-order valence-electron chi connectivity index (χ0n) is 12.6. The average Bonchev–Trinajstić information content (AvgIpc) is 2.44. The zero-order valence-corrected chi connectivity index (χ0v) is 13.5. The molecule has 20 heavy (non-hydrogen) atoms. The van der Waals surface area contributed by atoms with E-state index in [1.54, 1.807) is 11.8 Å². The van der Waals surface area contributed by atoms with Crippen molar-refractivity contribution in [1.82, 2.24) is 5.32 Å². The van der Waals surface area contributed by atoms with Gasteiger partial charge in [0.2, 0.25) is 0 Å². The average molecular weight is 295 g/mol. The number of carbonyl (C=O) groups is 1. The van der Waals surface area contributed by atoms with E-state index in [9.17, 15) is 4.79 Å². The standard InChI is InChI=1S/C16H25NO2S/c1-4-10-17-15(16(18)19-5-2)12-20-11-14-9-7-6-8-13(14)3/h6-9,15,17H,4-5,10-12H2,1-3H3. The summed E-state index contributed by atoms with van der Waals surface area (Å²) >= 11 is 1.77. The molecule has 1 atom stereocenters. The Morgan fingerprint density at radius 1 is 1.35 bits per heavy atom. The lowest BCUT2D eigenvalue weighted by Gasteiger charge is -2.16. The maximum atomic E-state index is 11.9. The van der Waals surface area contributed by atoms with Crippen LogP contribution in [0.3, 0.4) is 0 Å². The molecule has 0 aromatic heterocycles. The van der Waals surface area contributed by atoms with Crippen molar-refractivity contribution in [3.05, 3.63) is 35.4 Å². The van der Waals surface area contributed by atoms with E-state index in [1.807, 2.05) is 13.0 Å². The third kappa shape index (κ3) is 5.97. The van der Waals surface area contributed by atoms with E-state index in [2.05, 4.69) is 37.4 Å². The van der Waals surface area contributed by atoms with Gasteiger partial charge in [0.25, 0.3) is 0 Å². The highest BCUT2D eigenvalue weighted by molar-refractivity contribution is 7.98. The quantitative estimate of drug-likeness (QED) is 0.710. The van der Waals surface area contributed by atoms with Crippen LogP contribution < -0.4 is 5.32 Å². The van der Waals surface area contributed by atoms with Crippen molar-refractivity contribution in [3.8, 4) is 0 Å². The molecule has 0 aliphatic rings. The number of esters is 1. The van der Waals surface area contributed by atoms with E-state index in [-0.39, 0.29) is 12.0 Å². The summed E-state index contributed by atoms with van der Waals surface area (Å²) in [7, 11) is 0. The molecule has 1 aromatic rings. The van der Waals surface area contributed by atoms with Crippen molar-refractivity contribution in [1.29, 1.82) is 0 Å². The van der Waals surface area contributed by atoms with Crippen molar-refractivity contribution in [3.63, 3.8) is 0 Å². The molecule has 0 heterocycles. The number of hydrogen-bond donors (Lipinski definition) is 1. The Kier molecular flexibility index (Phi) is 8.38. The monoisotopic (exact) mass is 295 g/mol. The Labute approximate surface area is 126 Å². The van der Waals surface area contributed by atoms with Gasteiger partial charge in [-0.3, -0.25) is 4.79 Å². The molecule has 3 nitrogen and oxygen atoms in total. The number of hydrogen-bond acceptors (Lipinski definition) is 4.